The molecule has 0 saturated carbocycles. The topological polar surface area (TPSA) is 72.4 Å². The first-order chi connectivity index (χ1) is 8.45. The molecule has 5 heteroatoms. The molecule has 0 amide bonds. The molecule has 0 heterocycles. The van der Waals surface area contributed by atoms with Gasteiger partial charge in [-0.1, -0.05) is 19.4 Å². The number of nitro groups is 1. The van der Waals surface area contributed by atoms with Crippen molar-refractivity contribution in [2.45, 2.75) is 39.3 Å². The molecule has 18 heavy (non-hydrogen) atoms. The fourth-order valence-electron chi connectivity index (χ4n) is 1.93. The van der Waals surface area contributed by atoms with Gasteiger partial charge in [-0.3, -0.25) is 15.0 Å². The van der Waals surface area contributed by atoms with E-state index in [9.17, 15) is 10.1 Å². The number of benzene rings is 1. The van der Waals surface area contributed by atoms with Crippen molar-refractivity contribution < 1.29 is 4.92 Å². The fraction of sp³-hybridized carbons (Fsp3) is 0.538. The smallest absolute Gasteiger partial charge is 0.292 e. The lowest BCUT2D eigenvalue weighted by molar-refractivity contribution is -0.384. The van der Waals surface area contributed by atoms with E-state index in [1.165, 1.54) is 0 Å². The number of nitrogens with two attached hydrogens (primary N) is 1. The number of rotatable bonds is 6. The SMILES string of the molecule is CCCC(C)N(C)Cc1ccc(N)c([N+](=O)[O-])c1. The number of hydrogen-bond donors (Lipinski definition) is 1. The van der Waals surface area contributed by atoms with Gasteiger partial charge < -0.3 is 5.73 Å². The lowest BCUT2D eigenvalue weighted by atomic mass is 10.1. The maximum absolute atomic E-state index is 10.8. The molecule has 0 aromatic heterocycles. The summed E-state index contributed by atoms with van der Waals surface area (Å²) in [6, 6.07) is 5.47. The third-order valence-electron chi connectivity index (χ3n) is 3.18. The summed E-state index contributed by atoms with van der Waals surface area (Å²) in [5, 5.41) is 10.8. The van der Waals surface area contributed by atoms with Crippen LogP contribution in [0.1, 0.15) is 32.3 Å². The molecule has 100 valence electrons. The minimum atomic E-state index is -0.436. The average molecular weight is 251 g/mol. The minimum Gasteiger partial charge on any atom is -0.393 e. The Morgan fingerprint density at radius 1 is 1.50 bits per heavy atom. The van der Waals surface area contributed by atoms with Crippen molar-refractivity contribution in [1.29, 1.82) is 0 Å². The summed E-state index contributed by atoms with van der Waals surface area (Å²) in [6.45, 7) is 5.01. The molecule has 1 unspecified atom stereocenters. The van der Waals surface area contributed by atoms with Crippen molar-refractivity contribution in [2.24, 2.45) is 0 Å². The fourth-order valence-corrected chi connectivity index (χ4v) is 1.93. The second kappa shape index (κ2) is 6.35. The molecule has 0 spiro atoms. The minimum absolute atomic E-state index is 0.0101. The van der Waals surface area contributed by atoms with Crippen molar-refractivity contribution in [1.82, 2.24) is 4.90 Å². The Labute approximate surface area is 108 Å². The molecule has 0 fully saturated rings. The molecule has 2 N–H and O–H groups in total. The molecular formula is C13H21N3O2. The second-order valence-corrected chi connectivity index (χ2v) is 4.70. The molecule has 0 aliphatic carbocycles. The molecule has 0 aliphatic heterocycles. The van der Waals surface area contributed by atoms with Gasteiger partial charge in [0.25, 0.3) is 5.69 Å². The van der Waals surface area contributed by atoms with Gasteiger partial charge in [0, 0.05) is 18.7 Å². The third-order valence-corrected chi connectivity index (χ3v) is 3.18. The highest BCUT2D eigenvalue weighted by molar-refractivity contribution is 5.59. The highest BCUT2D eigenvalue weighted by Crippen LogP contribution is 2.23. The first kappa shape index (κ1) is 14.4. The number of hydrogen-bond acceptors (Lipinski definition) is 4. The Bertz CT molecular complexity index is 421. The summed E-state index contributed by atoms with van der Waals surface area (Å²) >= 11 is 0. The summed E-state index contributed by atoms with van der Waals surface area (Å²) in [7, 11) is 2.03. The lowest BCUT2D eigenvalue weighted by Gasteiger charge is -2.24. The molecule has 1 aromatic carbocycles. The highest BCUT2D eigenvalue weighted by Gasteiger charge is 2.14. The Morgan fingerprint density at radius 3 is 2.72 bits per heavy atom. The van der Waals surface area contributed by atoms with E-state index in [0.717, 1.165) is 18.4 Å². The molecule has 1 atom stereocenters. The zero-order chi connectivity index (χ0) is 13.7. The predicted octanol–water partition coefficient (Wildman–Crippen LogP) is 2.80. The van der Waals surface area contributed by atoms with Crippen LogP contribution in [0.4, 0.5) is 11.4 Å². The number of nitrogen functional groups attached to an aromatic ring is 1. The molecule has 0 bridgehead atoms. The van der Waals surface area contributed by atoms with Crippen LogP contribution in [-0.4, -0.2) is 22.9 Å². The summed E-state index contributed by atoms with van der Waals surface area (Å²) in [6.07, 6.45) is 2.25. The van der Waals surface area contributed by atoms with E-state index in [4.69, 9.17) is 5.73 Å². The lowest BCUT2D eigenvalue weighted by Crippen LogP contribution is -2.28. The van der Waals surface area contributed by atoms with Crippen LogP contribution in [-0.2, 0) is 6.54 Å². The third kappa shape index (κ3) is 3.70. The van der Waals surface area contributed by atoms with E-state index < -0.39 is 4.92 Å². The molecule has 1 rings (SSSR count). The van der Waals surface area contributed by atoms with Gasteiger partial charge in [0.15, 0.2) is 0 Å². The standard InChI is InChI=1S/C13H21N3O2/c1-4-5-10(2)15(3)9-11-6-7-12(14)13(8-11)16(17)18/h6-8,10H,4-5,9,14H2,1-3H3. The first-order valence-electron chi connectivity index (χ1n) is 6.18. The van der Waals surface area contributed by atoms with Crippen LogP contribution in [0.2, 0.25) is 0 Å². The second-order valence-electron chi connectivity index (χ2n) is 4.70. The molecule has 0 aliphatic rings. The van der Waals surface area contributed by atoms with Crippen LogP contribution < -0.4 is 5.73 Å². The molecular weight excluding hydrogens is 230 g/mol. The maximum atomic E-state index is 10.8. The zero-order valence-corrected chi connectivity index (χ0v) is 11.2. The number of anilines is 1. The Kier molecular flexibility index (Phi) is 5.09. The van der Waals surface area contributed by atoms with Crippen molar-refractivity contribution in [3.8, 4) is 0 Å². The molecule has 1 aromatic rings. The Hall–Kier alpha value is -1.62. The van der Waals surface area contributed by atoms with Crippen LogP contribution in [0.5, 0.6) is 0 Å². The van der Waals surface area contributed by atoms with Gasteiger partial charge in [0.1, 0.15) is 5.69 Å². The van der Waals surface area contributed by atoms with Crippen LogP contribution in [0.25, 0.3) is 0 Å². The normalized spacial score (nSPS) is 12.7. The summed E-state index contributed by atoms with van der Waals surface area (Å²) in [5.41, 5.74) is 6.70. The zero-order valence-electron chi connectivity index (χ0n) is 11.2. The molecule has 5 nitrogen and oxygen atoms in total. The van der Waals surface area contributed by atoms with E-state index >= 15 is 0 Å². The van der Waals surface area contributed by atoms with Gasteiger partial charge in [-0.05, 0) is 32.0 Å². The monoisotopic (exact) mass is 251 g/mol. The summed E-state index contributed by atoms with van der Waals surface area (Å²) in [5.74, 6) is 0. The predicted molar refractivity (Wildman–Crippen MR) is 73.3 cm³/mol. The van der Waals surface area contributed by atoms with Crippen molar-refractivity contribution in [2.75, 3.05) is 12.8 Å². The van der Waals surface area contributed by atoms with E-state index in [-0.39, 0.29) is 11.4 Å². The van der Waals surface area contributed by atoms with E-state index in [2.05, 4.69) is 18.7 Å². The van der Waals surface area contributed by atoms with Crippen LogP contribution >= 0.6 is 0 Å². The van der Waals surface area contributed by atoms with E-state index in [1.54, 1.807) is 12.1 Å². The van der Waals surface area contributed by atoms with E-state index in [1.807, 2.05) is 13.1 Å². The summed E-state index contributed by atoms with van der Waals surface area (Å²) in [4.78, 5) is 12.6. The first-order valence-corrected chi connectivity index (χ1v) is 6.18. The van der Waals surface area contributed by atoms with Gasteiger partial charge in [-0.25, -0.2) is 0 Å². The largest absolute Gasteiger partial charge is 0.393 e. The Morgan fingerprint density at radius 2 is 2.17 bits per heavy atom. The van der Waals surface area contributed by atoms with Gasteiger partial charge in [-0.2, -0.15) is 0 Å². The Balaban J connectivity index is 2.79. The highest BCUT2D eigenvalue weighted by atomic mass is 16.6. The molecule has 0 radical (unpaired) electrons. The van der Waals surface area contributed by atoms with Crippen LogP contribution in [0.15, 0.2) is 18.2 Å². The maximum Gasteiger partial charge on any atom is 0.292 e. The quantitative estimate of drug-likeness (QED) is 0.479. The number of nitrogens with zero attached hydrogens (tertiary/aromatic N) is 2. The van der Waals surface area contributed by atoms with Crippen LogP contribution in [0, 0.1) is 10.1 Å². The van der Waals surface area contributed by atoms with E-state index in [0.29, 0.717) is 12.6 Å². The summed E-state index contributed by atoms with van der Waals surface area (Å²) < 4.78 is 0. The van der Waals surface area contributed by atoms with Gasteiger partial charge in [0.05, 0.1) is 4.92 Å². The van der Waals surface area contributed by atoms with Crippen LogP contribution in [0.3, 0.4) is 0 Å². The van der Waals surface area contributed by atoms with Crippen molar-refractivity contribution in [3.63, 3.8) is 0 Å². The van der Waals surface area contributed by atoms with Gasteiger partial charge in [0.2, 0.25) is 0 Å². The number of nitro benzene ring substituents is 1. The van der Waals surface area contributed by atoms with Crippen molar-refractivity contribution in [3.05, 3.63) is 33.9 Å². The average Bonchev–Trinajstić information content (AvgIpc) is 2.31. The molecule has 0 saturated heterocycles. The van der Waals surface area contributed by atoms with Gasteiger partial charge in [-0.15, -0.1) is 0 Å². The van der Waals surface area contributed by atoms with Crippen molar-refractivity contribution >= 4 is 11.4 Å². The van der Waals surface area contributed by atoms with Gasteiger partial charge >= 0.3 is 0 Å².